The van der Waals surface area contributed by atoms with Crippen LogP contribution in [0.4, 0.5) is 4.79 Å². The molecule has 124 valence electrons. The summed E-state index contributed by atoms with van der Waals surface area (Å²) in [4.78, 5) is 30.5. The average Bonchev–Trinajstić information content (AvgIpc) is 2.59. The molecule has 0 saturated heterocycles. The summed E-state index contributed by atoms with van der Waals surface area (Å²) in [6, 6.07) is 8.64. The first kappa shape index (κ1) is 16.0. The largest absolute Gasteiger partial charge is 0.463 e. The molecule has 0 saturated carbocycles. The van der Waals surface area contributed by atoms with Crippen molar-refractivity contribution in [3.8, 4) is 0 Å². The van der Waals surface area contributed by atoms with E-state index < -0.39 is 12.0 Å². The lowest BCUT2D eigenvalue weighted by Gasteiger charge is -2.33. The fraction of sp³-hybridized carbons (Fsp3) is 0.278. The molecule has 1 aromatic heterocycles. The number of urea groups is 1. The van der Waals surface area contributed by atoms with Crippen LogP contribution >= 0.6 is 0 Å². The number of hydrogen-bond donors (Lipinski definition) is 1. The van der Waals surface area contributed by atoms with E-state index >= 15 is 0 Å². The molecule has 0 fully saturated rings. The standard InChI is InChI=1S/C18H19N3O3/c1-4-24-17(22)15-11(2)21(3)18(23)20-16(15)13-9-10-19-14-8-6-5-7-12(13)14/h5-10,16H,4H2,1-3H3,(H,20,23)/t16-/m0/s1. The molecule has 2 heterocycles. The molecule has 1 aliphatic rings. The number of allylic oxidation sites excluding steroid dienone is 1. The van der Waals surface area contributed by atoms with Gasteiger partial charge in [0.15, 0.2) is 0 Å². The van der Waals surface area contributed by atoms with Crippen molar-refractivity contribution in [3.05, 3.63) is 53.4 Å². The number of pyridine rings is 1. The molecular formula is C18H19N3O3. The number of fused-ring (bicyclic) bond motifs is 1. The number of carbonyl (C=O) groups excluding carboxylic acids is 2. The summed E-state index contributed by atoms with van der Waals surface area (Å²) >= 11 is 0. The number of rotatable bonds is 3. The lowest BCUT2D eigenvalue weighted by atomic mass is 9.93. The molecule has 1 aromatic carbocycles. The van der Waals surface area contributed by atoms with E-state index in [4.69, 9.17) is 4.74 Å². The van der Waals surface area contributed by atoms with Crippen molar-refractivity contribution in [2.75, 3.05) is 13.7 Å². The number of nitrogens with zero attached hydrogens (tertiary/aromatic N) is 2. The van der Waals surface area contributed by atoms with Crippen LogP contribution < -0.4 is 5.32 Å². The van der Waals surface area contributed by atoms with Crippen LogP contribution in [0.15, 0.2) is 47.8 Å². The summed E-state index contributed by atoms with van der Waals surface area (Å²) < 4.78 is 5.21. The van der Waals surface area contributed by atoms with Crippen LogP contribution in [0.3, 0.4) is 0 Å². The van der Waals surface area contributed by atoms with Gasteiger partial charge in [0.2, 0.25) is 0 Å². The molecule has 6 nitrogen and oxygen atoms in total. The molecule has 24 heavy (non-hydrogen) atoms. The van der Waals surface area contributed by atoms with Gasteiger partial charge in [-0.05, 0) is 31.5 Å². The van der Waals surface area contributed by atoms with Crippen molar-refractivity contribution >= 4 is 22.9 Å². The number of carbonyl (C=O) groups is 2. The molecule has 0 aliphatic carbocycles. The average molecular weight is 325 g/mol. The first-order valence-electron chi connectivity index (χ1n) is 7.80. The number of hydrogen-bond acceptors (Lipinski definition) is 4. The SMILES string of the molecule is CCOC(=O)C1=C(C)N(C)C(=O)N[C@H]1c1ccnc2ccccc12. The van der Waals surface area contributed by atoms with E-state index in [-0.39, 0.29) is 12.6 Å². The zero-order valence-corrected chi connectivity index (χ0v) is 13.9. The van der Waals surface area contributed by atoms with E-state index in [0.717, 1.165) is 16.5 Å². The molecule has 2 aromatic rings. The van der Waals surface area contributed by atoms with Crippen LogP contribution in [0, 0.1) is 0 Å². The third kappa shape index (κ3) is 2.60. The van der Waals surface area contributed by atoms with Gasteiger partial charge < -0.3 is 15.0 Å². The summed E-state index contributed by atoms with van der Waals surface area (Å²) in [7, 11) is 1.63. The minimum atomic E-state index is -0.569. The first-order valence-corrected chi connectivity index (χ1v) is 7.80. The second kappa shape index (κ2) is 6.31. The van der Waals surface area contributed by atoms with Crippen LogP contribution in [0.5, 0.6) is 0 Å². The van der Waals surface area contributed by atoms with E-state index in [1.54, 1.807) is 27.1 Å². The number of benzene rings is 1. The minimum Gasteiger partial charge on any atom is -0.463 e. The highest BCUT2D eigenvalue weighted by atomic mass is 16.5. The molecule has 0 unspecified atom stereocenters. The quantitative estimate of drug-likeness (QED) is 0.881. The number of para-hydroxylation sites is 1. The van der Waals surface area contributed by atoms with Crippen molar-refractivity contribution in [2.45, 2.75) is 19.9 Å². The Morgan fingerprint density at radius 1 is 1.33 bits per heavy atom. The Kier molecular flexibility index (Phi) is 4.20. The summed E-state index contributed by atoms with van der Waals surface area (Å²) in [5.74, 6) is -0.423. The molecule has 6 heteroatoms. The summed E-state index contributed by atoms with van der Waals surface area (Å²) in [5.41, 5.74) is 2.66. The normalized spacial score (nSPS) is 17.9. The number of esters is 1. The highest BCUT2D eigenvalue weighted by Crippen LogP contribution is 2.33. The molecule has 1 N–H and O–H groups in total. The third-order valence-electron chi connectivity index (χ3n) is 4.24. The highest BCUT2D eigenvalue weighted by molar-refractivity contribution is 5.96. The van der Waals surface area contributed by atoms with Crippen molar-refractivity contribution in [3.63, 3.8) is 0 Å². The number of ether oxygens (including phenoxy) is 1. The van der Waals surface area contributed by atoms with Gasteiger partial charge in [0.1, 0.15) is 0 Å². The van der Waals surface area contributed by atoms with Gasteiger partial charge in [-0.1, -0.05) is 18.2 Å². The fourth-order valence-corrected chi connectivity index (χ4v) is 2.91. The predicted molar refractivity (Wildman–Crippen MR) is 90.1 cm³/mol. The van der Waals surface area contributed by atoms with Crippen LogP contribution in [0.25, 0.3) is 10.9 Å². The minimum absolute atomic E-state index is 0.258. The monoisotopic (exact) mass is 325 g/mol. The molecule has 0 radical (unpaired) electrons. The van der Waals surface area contributed by atoms with Gasteiger partial charge in [-0.25, -0.2) is 9.59 Å². The van der Waals surface area contributed by atoms with Gasteiger partial charge >= 0.3 is 12.0 Å². The van der Waals surface area contributed by atoms with Crippen molar-refractivity contribution in [1.82, 2.24) is 15.2 Å². The summed E-state index contributed by atoms with van der Waals surface area (Å²) in [5, 5.41) is 3.79. The molecule has 0 spiro atoms. The Bertz CT molecular complexity index is 839. The van der Waals surface area contributed by atoms with E-state index in [9.17, 15) is 9.59 Å². The molecule has 2 amide bonds. The summed E-state index contributed by atoms with van der Waals surface area (Å²) in [6.45, 7) is 3.79. The molecule has 3 rings (SSSR count). The molecule has 1 aliphatic heterocycles. The fourth-order valence-electron chi connectivity index (χ4n) is 2.91. The highest BCUT2D eigenvalue weighted by Gasteiger charge is 2.35. The lowest BCUT2D eigenvalue weighted by Crippen LogP contribution is -2.46. The van der Waals surface area contributed by atoms with Gasteiger partial charge in [-0.2, -0.15) is 0 Å². The number of amides is 2. The number of aromatic nitrogens is 1. The topological polar surface area (TPSA) is 71.5 Å². The Balaban J connectivity index is 2.19. The van der Waals surface area contributed by atoms with Gasteiger partial charge in [-0.15, -0.1) is 0 Å². The van der Waals surface area contributed by atoms with Crippen molar-refractivity contribution < 1.29 is 14.3 Å². The van der Waals surface area contributed by atoms with Crippen LogP contribution in [0.1, 0.15) is 25.5 Å². The smallest absolute Gasteiger partial charge is 0.338 e. The van der Waals surface area contributed by atoms with Gasteiger partial charge in [0.05, 0.1) is 23.7 Å². The van der Waals surface area contributed by atoms with Gasteiger partial charge in [0, 0.05) is 24.3 Å². The zero-order chi connectivity index (χ0) is 17.3. The maximum atomic E-state index is 12.5. The molecule has 1 atom stereocenters. The van der Waals surface area contributed by atoms with E-state index in [1.165, 1.54) is 4.90 Å². The Labute approximate surface area is 140 Å². The predicted octanol–water partition coefficient (Wildman–Crippen LogP) is 2.77. The molecular weight excluding hydrogens is 306 g/mol. The maximum Gasteiger partial charge on any atom is 0.338 e. The van der Waals surface area contributed by atoms with Crippen molar-refractivity contribution in [2.24, 2.45) is 0 Å². The maximum absolute atomic E-state index is 12.5. The van der Waals surface area contributed by atoms with Crippen LogP contribution in [-0.2, 0) is 9.53 Å². The Morgan fingerprint density at radius 3 is 2.83 bits per heavy atom. The van der Waals surface area contributed by atoms with Crippen molar-refractivity contribution in [1.29, 1.82) is 0 Å². The van der Waals surface area contributed by atoms with Gasteiger partial charge in [0.25, 0.3) is 0 Å². The van der Waals surface area contributed by atoms with Crippen LogP contribution in [-0.4, -0.2) is 35.5 Å². The first-order chi connectivity index (χ1) is 11.5. The second-order valence-corrected chi connectivity index (χ2v) is 5.58. The number of nitrogens with one attached hydrogen (secondary N) is 1. The molecule has 0 bridgehead atoms. The summed E-state index contributed by atoms with van der Waals surface area (Å²) in [6.07, 6.45) is 1.68. The van der Waals surface area contributed by atoms with E-state index in [0.29, 0.717) is 11.3 Å². The van der Waals surface area contributed by atoms with E-state index in [2.05, 4.69) is 10.3 Å². The lowest BCUT2D eigenvalue weighted by molar-refractivity contribution is -0.139. The third-order valence-corrected chi connectivity index (χ3v) is 4.24. The Hall–Kier alpha value is -2.89. The Morgan fingerprint density at radius 2 is 2.08 bits per heavy atom. The van der Waals surface area contributed by atoms with Crippen LogP contribution in [0.2, 0.25) is 0 Å². The zero-order valence-electron chi connectivity index (χ0n) is 13.9. The van der Waals surface area contributed by atoms with E-state index in [1.807, 2.05) is 30.3 Å². The second-order valence-electron chi connectivity index (χ2n) is 5.58. The van der Waals surface area contributed by atoms with Gasteiger partial charge in [-0.3, -0.25) is 4.98 Å².